The topological polar surface area (TPSA) is 69.7 Å². The van der Waals surface area contributed by atoms with Gasteiger partial charge in [-0.3, -0.25) is 9.69 Å². The van der Waals surface area contributed by atoms with Gasteiger partial charge in [0.15, 0.2) is 0 Å². The van der Waals surface area contributed by atoms with Crippen LogP contribution in [0.3, 0.4) is 0 Å². The molecule has 6 nitrogen and oxygen atoms in total. The Labute approximate surface area is 155 Å². The Kier molecular flexibility index (Phi) is 6.85. The third-order valence-electron chi connectivity index (χ3n) is 4.52. The van der Waals surface area contributed by atoms with Gasteiger partial charge in [0.25, 0.3) is 0 Å². The summed E-state index contributed by atoms with van der Waals surface area (Å²) in [5, 5.41) is 3.37. The van der Waals surface area contributed by atoms with E-state index in [1.54, 1.807) is 18.2 Å². The first-order chi connectivity index (χ1) is 11.7. The fourth-order valence-corrected chi connectivity index (χ4v) is 4.30. The van der Waals surface area contributed by atoms with Crippen molar-refractivity contribution in [3.8, 4) is 0 Å². The summed E-state index contributed by atoms with van der Waals surface area (Å²) in [7, 11) is -3.55. The highest BCUT2D eigenvalue weighted by Crippen LogP contribution is 2.20. The van der Waals surface area contributed by atoms with Crippen LogP contribution in [0.1, 0.15) is 20.8 Å². The standard InChI is InChI=1S/C17H26ClN3O3S/c1-13(2)14(3)19-17(22)12-20-7-9-21(10-8-20)25(23,24)16-6-4-5-15(18)11-16/h4-6,11,13-14H,7-10,12H2,1-3H3,(H,19,22)/t14-/m0/s1. The van der Waals surface area contributed by atoms with Gasteiger partial charge in [-0.2, -0.15) is 4.31 Å². The van der Waals surface area contributed by atoms with Gasteiger partial charge < -0.3 is 5.32 Å². The second-order valence-corrected chi connectivity index (χ2v) is 9.11. The molecule has 0 spiro atoms. The Balaban J connectivity index is 1.90. The molecule has 8 heteroatoms. The van der Waals surface area contributed by atoms with Crippen molar-refractivity contribution in [3.05, 3.63) is 29.3 Å². The zero-order valence-corrected chi connectivity index (χ0v) is 16.5. The van der Waals surface area contributed by atoms with Crippen molar-refractivity contribution in [2.75, 3.05) is 32.7 Å². The van der Waals surface area contributed by atoms with E-state index in [1.165, 1.54) is 10.4 Å². The van der Waals surface area contributed by atoms with Gasteiger partial charge in [0.1, 0.15) is 0 Å². The number of benzene rings is 1. The maximum Gasteiger partial charge on any atom is 0.243 e. The number of amides is 1. The van der Waals surface area contributed by atoms with Gasteiger partial charge in [-0.15, -0.1) is 0 Å². The van der Waals surface area contributed by atoms with Crippen LogP contribution in [0.15, 0.2) is 29.2 Å². The molecule has 1 N–H and O–H groups in total. The maximum atomic E-state index is 12.7. The van der Waals surface area contributed by atoms with Gasteiger partial charge >= 0.3 is 0 Å². The van der Waals surface area contributed by atoms with Crippen LogP contribution < -0.4 is 5.32 Å². The van der Waals surface area contributed by atoms with E-state index < -0.39 is 10.0 Å². The molecule has 1 amide bonds. The van der Waals surface area contributed by atoms with Gasteiger partial charge in [-0.25, -0.2) is 8.42 Å². The zero-order valence-electron chi connectivity index (χ0n) is 14.9. The normalized spacial score (nSPS) is 18.3. The summed E-state index contributed by atoms with van der Waals surface area (Å²) in [5.41, 5.74) is 0. The van der Waals surface area contributed by atoms with Gasteiger partial charge in [0.05, 0.1) is 11.4 Å². The first kappa shape index (κ1) is 20.2. The van der Waals surface area contributed by atoms with E-state index in [0.29, 0.717) is 43.7 Å². The van der Waals surface area contributed by atoms with Gasteiger partial charge in [0.2, 0.25) is 15.9 Å². The maximum absolute atomic E-state index is 12.7. The molecule has 1 fully saturated rings. The molecule has 0 bridgehead atoms. The summed E-state index contributed by atoms with van der Waals surface area (Å²) >= 11 is 5.90. The van der Waals surface area contributed by atoms with Crippen LogP contribution in [0, 0.1) is 5.92 Å². The highest BCUT2D eigenvalue weighted by Gasteiger charge is 2.29. The lowest BCUT2D eigenvalue weighted by molar-refractivity contribution is -0.123. The summed E-state index contributed by atoms with van der Waals surface area (Å²) < 4.78 is 26.8. The molecule has 1 aromatic carbocycles. The second-order valence-electron chi connectivity index (χ2n) is 6.74. The van der Waals surface area contributed by atoms with E-state index in [0.717, 1.165) is 0 Å². The Hall–Kier alpha value is -1.15. The van der Waals surface area contributed by atoms with Crippen molar-refractivity contribution in [2.45, 2.75) is 31.7 Å². The highest BCUT2D eigenvalue weighted by molar-refractivity contribution is 7.89. The van der Waals surface area contributed by atoms with Crippen LogP contribution in [0.4, 0.5) is 0 Å². The van der Waals surface area contributed by atoms with Crippen LogP contribution in [-0.4, -0.2) is 62.3 Å². The first-order valence-electron chi connectivity index (χ1n) is 8.47. The Morgan fingerprint density at radius 3 is 2.40 bits per heavy atom. The van der Waals surface area contributed by atoms with Crippen LogP contribution in [-0.2, 0) is 14.8 Å². The number of hydrogen-bond acceptors (Lipinski definition) is 4. The number of carbonyl (C=O) groups excluding carboxylic acids is 1. The molecule has 0 aromatic heterocycles. The Morgan fingerprint density at radius 1 is 1.20 bits per heavy atom. The number of sulfonamides is 1. The van der Waals surface area contributed by atoms with E-state index in [4.69, 9.17) is 11.6 Å². The summed E-state index contributed by atoms with van der Waals surface area (Å²) in [4.78, 5) is 14.2. The fraction of sp³-hybridized carbons (Fsp3) is 0.588. The van der Waals surface area contributed by atoms with Gasteiger partial charge in [0, 0.05) is 37.2 Å². The van der Waals surface area contributed by atoms with Crippen molar-refractivity contribution in [1.82, 2.24) is 14.5 Å². The van der Waals surface area contributed by atoms with Gasteiger partial charge in [-0.1, -0.05) is 31.5 Å². The molecule has 0 radical (unpaired) electrons. The average molecular weight is 388 g/mol. The summed E-state index contributed by atoms with van der Waals surface area (Å²) in [5.74, 6) is 0.357. The van der Waals surface area contributed by atoms with Crippen LogP contribution in [0.25, 0.3) is 0 Å². The lowest BCUT2D eigenvalue weighted by Crippen LogP contribution is -2.51. The molecule has 1 saturated heterocycles. The van der Waals surface area contributed by atoms with Crippen LogP contribution in [0.2, 0.25) is 5.02 Å². The molecule has 0 saturated carbocycles. The average Bonchev–Trinajstić information content (AvgIpc) is 2.55. The van der Waals surface area contributed by atoms with Crippen molar-refractivity contribution in [3.63, 3.8) is 0 Å². The SMILES string of the molecule is CC(C)[C@H](C)NC(=O)CN1CCN(S(=O)(=O)c2cccc(Cl)c2)CC1. The zero-order chi connectivity index (χ0) is 18.6. The first-order valence-corrected chi connectivity index (χ1v) is 10.3. The van der Waals surface area contributed by atoms with Crippen molar-refractivity contribution >= 4 is 27.5 Å². The molecule has 0 aliphatic carbocycles. The lowest BCUT2D eigenvalue weighted by atomic mass is 10.1. The summed E-state index contributed by atoms with van der Waals surface area (Å²) in [6, 6.07) is 6.41. The third-order valence-corrected chi connectivity index (χ3v) is 6.65. The predicted octanol–water partition coefficient (Wildman–Crippen LogP) is 1.81. The molecule has 1 aromatic rings. The number of nitrogens with zero attached hydrogens (tertiary/aromatic N) is 2. The second kappa shape index (κ2) is 8.49. The number of hydrogen-bond donors (Lipinski definition) is 1. The Morgan fingerprint density at radius 2 is 1.84 bits per heavy atom. The van der Waals surface area contributed by atoms with Crippen LogP contribution in [0.5, 0.6) is 0 Å². The van der Waals surface area contributed by atoms with Crippen molar-refractivity contribution in [1.29, 1.82) is 0 Å². The Bertz CT molecular complexity index is 701. The van der Waals surface area contributed by atoms with E-state index in [-0.39, 0.29) is 16.8 Å². The smallest absolute Gasteiger partial charge is 0.243 e. The molecule has 1 aliphatic heterocycles. The van der Waals surface area contributed by atoms with E-state index in [2.05, 4.69) is 19.2 Å². The molecule has 140 valence electrons. The van der Waals surface area contributed by atoms with Crippen molar-refractivity contribution < 1.29 is 13.2 Å². The van der Waals surface area contributed by atoms with Crippen molar-refractivity contribution in [2.24, 2.45) is 5.92 Å². The quantitative estimate of drug-likeness (QED) is 0.808. The third kappa shape index (κ3) is 5.41. The fourth-order valence-electron chi connectivity index (χ4n) is 2.57. The number of rotatable bonds is 6. The summed E-state index contributed by atoms with van der Waals surface area (Å²) in [6.07, 6.45) is 0. The van der Waals surface area contributed by atoms with Crippen LogP contribution >= 0.6 is 11.6 Å². The molecule has 2 rings (SSSR count). The summed E-state index contributed by atoms with van der Waals surface area (Å²) in [6.45, 7) is 8.19. The molecule has 1 heterocycles. The molecular weight excluding hydrogens is 362 g/mol. The number of halogens is 1. The van der Waals surface area contributed by atoms with E-state index in [9.17, 15) is 13.2 Å². The molecular formula is C17H26ClN3O3S. The highest BCUT2D eigenvalue weighted by atomic mass is 35.5. The monoisotopic (exact) mass is 387 g/mol. The minimum absolute atomic E-state index is 0.0210. The predicted molar refractivity (Wildman–Crippen MR) is 99.1 cm³/mol. The molecule has 0 unspecified atom stereocenters. The number of nitrogens with one attached hydrogen (secondary N) is 1. The number of piperazine rings is 1. The molecule has 25 heavy (non-hydrogen) atoms. The molecule has 1 atom stereocenters. The van der Waals surface area contributed by atoms with E-state index in [1.807, 2.05) is 11.8 Å². The number of carbonyl (C=O) groups is 1. The minimum Gasteiger partial charge on any atom is -0.352 e. The molecule has 1 aliphatic rings. The lowest BCUT2D eigenvalue weighted by Gasteiger charge is -2.33. The van der Waals surface area contributed by atoms with Gasteiger partial charge in [-0.05, 0) is 31.0 Å². The minimum atomic E-state index is -3.55. The van der Waals surface area contributed by atoms with E-state index >= 15 is 0 Å². The largest absolute Gasteiger partial charge is 0.352 e.